The van der Waals surface area contributed by atoms with Crippen LogP contribution < -0.4 is 0 Å². The maximum atomic E-state index is 2.34. The lowest BCUT2D eigenvalue weighted by Crippen LogP contribution is -1.89. The van der Waals surface area contributed by atoms with E-state index in [2.05, 4.69) is 97.9 Å². The van der Waals surface area contributed by atoms with Gasteiger partial charge in [0.05, 0.1) is 0 Å². The van der Waals surface area contributed by atoms with Crippen LogP contribution in [0, 0.1) is 0 Å². The van der Waals surface area contributed by atoms with E-state index in [4.69, 9.17) is 0 Å². The number of rotatable bonds is 3. The van der Waals surface area contributed by atoms with Crippen molar-refractivity contribution in [3.63, 3.8) is 0 Å². The molecule has 4 aromatic carbocycles. The minimum atomic E-state index is 1.05. The number of hydrogen-bond acceptors (Lipinski definition) is 0. The average molecular weight is 308 g/mol. The highest BCUT2D eigenvalue weighted by molar-refractivity contribution is 6.00. The number of fused-ring (bicyclic) bond motifs is 1. The molecule has 116 valence electrons. The molecule has 0 spiro atoms. The summed E-state index contributed by atoms with van der Waals surface area (Å²) in [6.45, 7) is 2.23. The van der Waals surface area contributed by atoms with Crippen LogP contribution in [0.2, 0.25) is 0 Å². The molecule has 0 radical (unpaired) electrons. The molecule has 0 aliphatic rings. The van der Waals surface area contributed by atoms with Crippen molar-refractivity contribution < 1.29 is 0 Å². The van der Waals surface area contributed by atoms with Crippen molar-refractivity contribution in [3.05, 3.63) is 96.6 Å². The van der Waals surface area contributed by atoms with Gasteiger partial charge in [-0.2, -0.15) is 0 Å². The molecule has 0 unspecified atom stereocenters. The van der Waals surface area contributed by atoms with E-state index in [9.17, 15) is 0 Å². The summed E-state index contributed by atoms with van der Waals surface area (Å²) in [6.07, 6.45) is 1.05. The summed E-state index contributed by atoms with van der Waals surface area (Å²) in [5.74, 6) is 0. The maximum absolute atomic E-state index is 2.34. The molecule has 4 aromatic rings. The summed E-state index contributed by atoms with van der Waals surface area (Å²) in [7, 11) is 0. The van der Waals surface area contributed by atoms with Gasteiger partial charge in [0.15, 0.2) is 0 Å². The first kappa shape index (κ1) is 14.7. The van der Waals surface area contributed by atoms with Gasteiger partial charge in [-0.3, -0.25) is 0 Å². The van der Waals surface area contributed by atoms with Gasteiger partial charge in [-0.05, 0) is 51.1 Å². The van der Waals surface area contributed by atoms with E-state index in [0.29, 0.717) is 0 Å². The van der Waals surface area contributed by atoms with Crippen LogP contribution in [0.15, 0.2) is 91.0 Å². The van der Waals surface area contributed by atoms with Crippen molar-refractivity contribution in [2.45, 2.75) is 13.3 Å². The molecule has 4 rings (SSSR count). The van der Waals surface area contributed by atoms with Crippen LogP contribution in [0.5, 0.6) is 0 Å². The van der Waals surface area contributed by atoms with Crippen molar-refractivity contribution in [1.82, 2.24) is 0 Å². The second-order valence-electron chi connectivity index (χ2n) is 6.12. The highest BCUT2D eigenvalue weighted by Crippen LogP contribution is 2.34. The van der Waals surface area contributed by atoms with Crippen molar-refractivity contribution in [3.8, 4) is 22.3 Å². The standard InChI is InChI=1S/C24H20/c1-2-18-13-15-22(20-11-7-4-8-12-20)23-16-14-21(17-24(18)23)19-9-5-3-6-10-19/h3-17H,2H2,1H3. The van der Waals surface area contributed by atoms with Gasteiger partial charge in [0.1, 0.15) is 0 Å². The number of benzene rings is 4. The Hall–Kier alpha value is -2.86. The molecule has 0 saturated heterocycles. The van der Waals surface area contributed by atoms with Crippen molar-refractivity contribution in [1.29, 1.82) is 0 Å². The molecular formula is C24H20. The maximum Gasteiger partial charge on any atom is -0.0102 e. The molecular weight excluding hydrogens is 288 g/mol. The second kappa shape index (κ2) is 6.33. The third-order valence-electron chi connectivity index (χ3n) is 4.68. The van der Waals surface area contributed by atoms with Gasteiger partial charge in [-0.1, -0.05) is 91.9 Å². The molecule has 0 heterocycles. The Morgan fingerprint density at radius 1 is 0.542 bits per heavy atom. The summed E-state index contributed by atoms with van der Waals surface area (Å²) in [5, 5.41) is 2.69. The van der Waals surface area contributed by atoms with Crippen LogP contribution in [0.25, 0.3) is 33.0 Å². The Bertz CT molecular complexity index is 967. The molecule has 0 heteroatoms. The Kier molecular flexibility index (Phi) is 3.88. The van der Waals surface area contributed by atoms with Gasteiger partial charge < -0.3 is 0 Å². The SMILES string of the molecule is CCc1ccc(-c2ccccc2)c2ccc(-c3ccccc3)cc12. The van der Waals surface area contributed by atoms with Crippen molar-refractivity contribution >= 4 is 10.8 Å². The second-order valence-corrected chi connectivity index (χ2v) is 6.12. The van der Waals surface area contributed by atoms with Gasteiger partial charge in [-0.15, -0.1) is 0 Å². The van der Waals surface area contributed by atoms with Crippen molar-refractivity contribution in [2.24, 2.45) is 0 Å². The molecule has 0 aromatic heterocycles. The van der Waals surface area contributed by atoms with Gasteiger partial charge in [0.2, 0.25) is 0 Å². The molecule has 0 aliphatic carbocycles. The largest absolute Gasteiger partial charge is 0.0622 e. The fourth-order valence-corrected chi connectivity index (χ4v) is 3.40. The van der Waals surface area contributed by atoms with Crippen LogP contribution in [0.4, 0.5) is 0 Å². The third-order valence-corrected chi connectivity index (χ3v) is 4.68. The monoisotopic (exact) mass is 308 g/mol. The van der Waals surface area contributed by atoms with E-state index in [-0.39, 0.29) is 0 Å². The quantitative estimate of drug-likeness (QED) is 0.393. The lowest BCUT2D eigenvalue weighted by molar-refractivity contribution is 1.16. The summed E-state index contributed by atoms with van der Waals surface area (Å²) in [6, 6.07) is 32.7. The van der Waals surface area contributed by atoms with Gasteiger partial charge in [0, 0.05) is 0 Å². The highest BCUT2D eigenvalue weighted by atomic mass is 14.1. The van der Waals surface area contributed by atoms with Gasteiger partial charge in [0.25, 0.3) is 0 Å². The van der Waals surface area contributed by atoms with Crippen LogP contribution in [0.3, 0.4) is 0 Å². The minimum Gasteiger partial charge on any atom is -0.0622 e. The lowest BCUT2D eigenvalue weighted by Gasteiger charge is -2.13. The van der Waals surface area contributed by atoms with E-state index in [1.807, 2.05) is 0 Å². The zero-order chi connectivity index (χ0) is 16.4. The number of aryl methyl sites for hydroxylation is 1. The molecule has 0 nitrogen and oxygen atoms in total. The van der Waals surface area contributed by atoms with Crippen molar-refractivity contribution in [2.75, 3.05) is 0 Å². The molecule has 0 aliphatic heterocycles. The molecule has 0 saturated carbocycles. The fraction of sp³-hybridized carbons (Fsp3) is 0.0833. The summed E-state index contributed by atoms with van der Waals surface area (Å²) < 4.78 is 0. The Morgan fingerprint density at radius 3 is 1.88 bits per heavy atom. The molecule has 0 N–H and O–H groups in total. The normalized spacial score (nSPS) is 10.9. The van der Waals surface area contributed by atoms with Crippen LogP contribution in [-0.4, -0.2) is 0 Å². The zero-order valence-corrected chi connectivity index (χ0v) is 13.9. The first-order valence-electron chi connectivity index (χ1n) is 8.53. The fourth-order valence-electron chi connectivity index (χ4n) is 3.40. The molecule has 24 heavy (non-hydrogen) atoms. The predicted octanol–water partition coefficient (Wildman–Crippen LogP) is 6.74. The average Bonchev–Trinajstić information content (AvgIpc) is 2.68. The zero-order valence-electron chi connectivity index (χ0n) is 13.9. The van der Waals surface area contributed by atoms with Gasteiger partial charge >= 0.3 is 0 Å². The van der Waals surface area contributed by atoms with E-state index in [1.165, 1.54) is 38.6 Å². The Balaban J connectivity index is 1.96. The predicted molar refractivity (Wildman–Crippen MR) is 104 cm³/mol. The first-order valence-corrected chi connectivity index (χ1v) is 8.53. The summed E-state index contributed by atoms with van der Waals surface area (Å²) >= 11 is 0. The van der Waals surface area contributed by atoms with E-state index < -0.39 is 0 Å². The highest BCUT2D eigenvalue weighted by Gasteiger charge is 2.08. The third kappa shape index (κ3) is 2.61. The molecule has 0 atom stereocenters. The topological polar surface area (TPSA) is 0 Å². The number of hydrogen-bond donors (Lipinski definition) is 0. The van der Waals surface area contributed by atoms with Crippen LogP contribution in [-0.2, 0) is 6.42 Å². The minimum absolute atomic E-state index is 1.05. The molecule has 0 amide bonds. The summed E-state index contributed by atoms with van der Waals surface area (Å²) in [4.78, 5) is 0. The first-order chi connectivity index (χ1) is 11.9. The Labute approximate surface area is 143 Å². The van der Waals surface area contributed by atoms with Crippen LogP contribution >= 0.6 is 0 Å². The molecule has 0 fully saturated rings. The summed E-state index contributed by atoms with van der Waals surface area (Å²) in [5.41, 5.74) is 6.54. The Morgan fingerprint density at radius 2 is 1.21 bits per heavy atom. The lowest BCUT2D eigenvalue weighted by atomic mass is 9.92. The molecule has 0 bridgehead atoms. The smallest absolute Gasteiger partial charge is 0.0102 e. The van der Waals surface area contributed by atoms with Crippen LogP contribution in [0.1, 0.15) is 12.5 Å². The van der Waals surface area contributed by atoms with E-state index >= 15 is 0 Å². The van der Waals surface area contributed by atoms with E-state index in [0.717, 1.165) is 6.42 Å². The van der Waals surface area contributed by atoms with E-state index in [1.54, 1.807) is 0 Å². The van der Waals surface area contributed by atoms with Gasteiger partial charge in [-0.25, -0.2) is 0 Å².